The van der Waals surface area contributed by atoms with Crippen molar-refractivity contribution in [2.75, 3.05) is 0 Å². The Kier molecular flexibility index (Phi) is 4.12. The quantitative estimate of drug-likeness (QED) is 0.457. The number of benzene rings is 3. The number of para-hydroxylation sites is 2. The minimum Gasteiger partial charge on any atom is -0.319 e. The third-order valence-corrected chi connectivity index (χ3v) is 4.55. The number of imidazole rings is 1. The van der Waals surface area contributed by atoms with E-state index in [1.165, 1.54) is 5.56 Å². The minimum atomic E-state index is 0.721. The van der Waals surface area contributed by atoms with Gasteiger partial charge in [-0.05, 0) is 35.4 Å². The van der Waals surface area contributed by atoms with E-state index in [9.17, 15) is 0 Å². The molecule has 0 aliphatic carbocycles. The van der Waals surface area contributed by atoms with Crippen molar-refractivity contribution in [1.29, 1.82) is 0 Å². The first-order valence-electron chi connectivity index (χ1n) is 8.17. The van der Waals surface area contributed by atoms with Crippen molar-refractivity contribution in [2.24, 2.45) is 0 Å². The van der Waals surface area contributed by atoms with E-state index in [2.05, 4.69) is 29.3 Å². The molecule has 0 spiro atoms. The van der Waals surface area contributed by atoms with Gasteiger partial charge in [-0.3, -0.25) is 0 Å². The topological polar surface area (TPSA) is 17.8 Å². The SMILES string of the molecule is C=C(c1ccccc1)c1nc2ccccc2n1Cc1ccc(Cl)cc1. The summed E-state index contributed by atoms with van der Waals surface area (Å²) in [6.45, 7) is 5.02. The van der Waals surface area contributed by atoms with E-state index in [1.54, 1.807) is 0 Å². The molecular weight excluding hydrogens is 328 g/mol. The second kappa shape index (κ2) is 6.58. The summed E-state index contributed by atoms with van der Waals surface area (Å²) in [6, 6.07) is 26.3. The van der Waals surface area contributed by atoms with Crippen LogP contribution in [0.3, 0.4) is 0 Å². The van der Waals surface area contributed by atoms with Crippen LogP contribution in [0.1, 0.15) is 17.0 Å². The van der Waals surface area contributed by atoms with Crippen molar-refractivity contribution in [3.05, 3.63) is 107 Å². The molecule has 25 heavy (non-hydrogen) atoms. The monoisotopic (exact) mass is 344 g/mol. The lowest BCUT2D eigenvalue weighted by atomic mass is 10.1. The number of aromatic nitrogens is 2. The van der Waals surface area contributed by atoms with Crippen molar-refractivity contribution >= 4 is 28.2 Å². The molecule has 0 fully saturated rings. The zero-order valence-corrected chi connectivity index (χ0v) is 14.4. The second-order valence-electron chi connectivity index (χ2n) is 5.98. The summed E-state index contributed by atoms with van der Waals surface area (Å²) in [7, 11) is 0. The van der Waals surface area contributed by atoms with Gasteiger partial charge < -0.3 is 4.57 Å². The van der Waals surface area contributed by atoms with Gasteiger partial charge in [0.2, 0.25) is 0 Å². The normalized spacial score (nSPS) is 10.9. The molecule has 0 saturated carbocycles. The van der Waals surface area contributed by atoms with Crippen LogP contribution in [0.25, 0.3) is 16.6 Å². The van der Waals surface area contributed by atoms with Gasteiger partial charge in [0.25, 0.3) is 0 Å². The number of halogens is 1. The third kappa shape index (κ3) is 3.09. The largest absolute Gasteiger partial charge is 0.319 e. The highest BCUT2D eigenvalue weighted by atomic mass is 35.5. The van der Waals surface area contributed by atoms with E-state index >= 15 is 0 Å². The second-order valence-corrected chi connectivity index (χ2v) is 6.42. The fourth-order valence-electron chi connectivity index (χ4n) is 3.01. The Bertz CT molecular complexity index is 1030. The van der Waals surface area contributed by atoms with Crippen LogP contribution in [0.5, 0.6) is 0 Å². The highest BCUT2D eigenvalue weighted by Gasteiger charge is 2.14. The number of hydrogen-bond donors (Lipinski definition) is 0. The van der Waals surface area contributed by atoms with Crippen LogP contribution in [0.4, 0.5) is 0 Å². The lowest BCUT2D eigenvalue weighted by Crippen LogP contribution is -2.05. The summed E-state index contributed by atoms with van der Waals surface area (Å²) in [5.41, 5.74) is 5.25. The van der Waals surface area contributed by atoms with Gasteiger partial charge in [-0.1, -0.05) is 72.8 Å². The Morgan fingerprint density at radius 1 is 0.880 bits per heavy atom. The summed E-state index contributed by atoms with van der Waals surface area (Å²) >= 11 is 6.02. The molecule has 0 aliphatic rings. The standard InChI is InChI=1S/C22H17ClN2/c1-16(18-7-3-2-4-8-18)22-24-20-9-5-6-10-21(20)25(22)15-17-11-13-19(23)14-12-17/h2-14H,1,15H2. The maximum absolute atomic E-state index is 6.02. The van der Waals surface area contributed by atoms with E-state index in [0.717, 1.165) is 39.6 Å². The van der Waals surface area contributed by atoms with E-state index in [0.29, 0.717) is 0 Å². The molecule has 4 aromatic rings. The Labute approximate surface area is 152 Å². The molecule has 1 aromatic heterocycles. The van der Waals surface area contributed by atoms with Gasteiger partial charge in [0, 0.05) is 17.1 Å². The maximum Gasteiger partial charge on any atom is 0.141 e. The first kappa shape index (κ1) is 15.7. The zero-order chi connectivity index (χ0) is 17.2. The Morgan fingerprint density at radius 2 is 1.56 bits per heavy atom. The van der Waals surface area contributed by atoms with Crippen LogP contribution in [-0.4, -0.2) is 9.55 Å². The predicted molar refractivity (Wildman–Crippen MR) is 105 cm³/mol. The molecule has 0 radical (unpaired) electrons. The molecule has 0 amide bonds. The maximum atomic E-state index is 6.02. The molecule has 0 atom stereocenters. The number of nitrogens with zero attached hydrogens (tertiary/aromatic N) is 2. The fourth-order valence-corrected chi connectivity index (χ4v) is 3.13. The third-order valence-electron chi connectivity index (χ3n) is 4.30. The number of fused-ring (bicyclic) bond motifs is 1. The Hall–Kier alpha value is -2.84. The molecule has 2 nitrogen and oxygen atoms in total. The lowest BCUT2D eigenvalue weighted by Gasteiger charge is -2.12. The summed E-state index contributed by atoms with van der Waals surface area (Å²) in [5, 5.41) is 0.744. The van der Waals surface area contributed by atoms with Crippen LogP contribution < -0.4 is 0 Å². The smallest absolute Gasteiger partial charge is 0.141 e. The molecule has 0 unspecified atom stereocenters. The molecule has 1 heterocycles. The summed E-state index contributed by atoms with van der Waals surface area (Å²) in [4.78, 5) is 4.84. The van der Waals surface area contributed by atoms with Gasteiger partial charge in [0.15, 0.2) is 0 Å². The minimum absolute atomic E-state index is 0.721. The molecule has 0 aliphatic heterocycles. The highest BCUT2D eigenvalue weighted by molar-refractivity contribution is 6.30. The van der Waals surface area contributed by atoms with E-state index in [4.69, 9.17) is 16.6 Å². The van der Waals surface area contributed by atoms with Crippen molar-refractivity contribution < 1.29 is 0 Å². The molecule has 0 bridgehead atoms. The average molecular weight is 345 g/mol. The lowest BCUT2D eigenvalue weighted by molar-refractivity contribution is 0.809. The molecular formula is C22H17ClN2. The average Bonchev–Trinajstić information content (AvgIpc) is 3.02. The fraction of sp³-hybridized carbons (Fsp3) is 0.0455. The first-order valence-corrected chi connectivity index (χ1v) is 8.54. The van der Waals surface area contributed by atoms with Crippen LogP contribution in [0.2, 0.25) is 5.02 Å². The van der Waals surface area contributed by atoms with Crippen molar-refractivity contribution in [3.63, 3.8) is 0 Å². The van der Waals surface area contributed by atoms with Gasteiger partial charge in [-0.2, -0.15) is 0 Å². The van der Waals surface area contributed by atoms with Gasteiger partial charge in [-0.15, -0.1) is 0 Å². The molecule has 3 heteroatoms. The zero-order valence-electron chi connectivity index (χ0n) is 13.7. The molecule has 4 rings (SSSR count). The van der Waals surface area contributed by atoms with Crippen LogP contribution in [0.15, 0.2) is 85.4 Å². The molecule has 3 aromatic carbocycles. The van der Waals surface area contributed by atoms with Crippen LogP contribution in [-0.2, 0) is 6.54 Å². The molecule has 0 saturated heterocycles. The van der Waals surface area contributed by atoms with Gasteiger partial charge in [0.05, 0.1) is 11.0 Å². The molecule has 122 valence electrons. The molecule has 0 N–H and O–H groups in total. The predicted octanol–water partition coefficient (Wildman–Crippen LogP) is 5.80. The van der Waals surface area contributed by atoms with E-state index in [1.807, 2.05) is 60.7 Å². The van der Waals surface area contributed by atoms with Crippen molar-refractivity contribution in [3.8, 4) is 0 Å². The van der Waals surface area contributed by atoms with Gasteiger partial charge in [-0.25, -0.2) is 4.98 Å². The summed E-state index contributed by atoms with van der Waals surface area (Å²) in [6.07, 6.45) is 0. The van der Waals surface area contributed by atoms with Crippen LogP contribution >= 0.6 is 11.6 Å². The Balaban J connectivity index is 1.83. The summed E-state index contributed by atoms with van der Waals surface area (Å²) < 4.78 is 2.22. The number of rotatable bonds is 4. The van der Waals surface area contributed by atoms with E-state index < -0.39 is 0 Å². The highest BCUT2D eigenvalue weighted by Crippen LogP contribution is 2.26. The first-order chi connectivity index (χ1) is 12.2. The van der Waals surface area contributed by atoms with Crippen LogP contribution in [0, 0.1) is 0 Å². The van der Waals surface area contributed by atoms with Gasteiger partial charge in [0.1, 0.15) is 5.82 Å². The van der Waals surface area contributed by atoms with Crippen molar-refractivity contribution in [1.82, 2.24) is 9.55 Å². The van der Waals surface area contributed by atoms with Gasteiger partial charge >= 0.3 is 0 Å². The van der Waals surface area contributed by atoms with Crippen molar-refractivity contribution in [2.45, 2.75) is 6.54 Å². The number of hydrogen-bond acceptors (Lipinski definition) is 1. The Morgan fingerprint density at radius 3 is 2.32 bits per heavy atom. The summed E-state index contributed by atoms with van der Waals surface area (Å²) in [5.74, 6) is 0.891. The van der Waals surface area contributed by atoms with E-state index in [-0.39, 0.29) is 0 Å².